The summed E-state index contributed by atoms with van der Waals surface area (Å²) in [5.74, 6) is 0.321. The minimum atomic E-state index is -0.579. The Morgan fingerprint density at radius 1 is 1.50 bits per heavy atom. The molecular formula is C12H17FN2O2S. The number of hydrogen-bond donors (Lipinski definition) is 0. The fourth-order valence-electron chi connectivity index (χ4n) is 1.77. The molecule has 0 aliphatic carbocycles. The van der Waals surface area contributed by atoms with Gasteiger partial charge in [0, 0.05) is 30.6 Å². The highest BCUT2D eigenvalue weighted by molar-refractivity contribution is 7.98. The van der Waals surface area contributed by atoms with Crippen molar-refractivity contribution in [3.63, 3.8) is 0 Å². The van der Waals surface area contributed by atoms with Crippen molar-refractivity contribution >= 4 is 23.1 Å². The van der Waals surface area contributed by atoms with E-state index in [-0.39, 0.29) is 11.7 Å². The Morgan fingerprint density at radius 3 is 2.67 bits per heavy atom. The topological polar surface area (TPSA) is 46.4 Å². The van der Waals surface area contributed by atoms with Gasteiger partial charge in [0.1, 0.15) is 5.82 Å². The number of hydrogen-bond acceptors (Lipinski definition) is 4. The molecule has 4 nitrogen and oxygen atoms in total. The Hall–Kier alpha value is -1.30. The van der Waals surface area contributed by atoms with E-state index in [1.165, 1.54) is 12.1 Å². The summed E-state index contributed by atoms with van der Waals surface area (Å²) in [6.07, 6.45) is 2.91. The third-order valence-electron chi connectivity index (χ3n) is 2.86. The third-order valence-corrected chi connectivity index (χ3v) is 3.58. The zero-order chi connectivity index (χ0) is 13.7. The lowest BCUT2D eigenvalue weighted by Crippen LogP contribution is -2.33. The molecule has 0 fully saturated rings. The highest BCUT2D eigenvalue weighted by atomic mass is 32.2. The lowest BCUT2D eigenvalue weighted by Gasteiger charge is -2.28. The summed E-state index contributed by atoms with van der Waals surface area (Å²) in [7, 11) is 1.84. The van der Waals surface area contributed by atoms with Crippen LogP contribution in [0.4, 0.5) is 15.8 Å². The molecule has 0 radical (unpaired) electrons. The van der Waals surface area contributed by atoms with Gasteiger partial charge in [-0.2, -0.15) is 11.8 Å². The minimum absolute atomic E-state index is 0.212. The summed E-state index contributed by atoms with van der Waals surface area (Å²) in [6, 6.07) is 3.91. The van der Waals surface area contributed by atoms with Crippen LogP contribution >= 0.6 is 11.8 Å². The Labute approximate surface area is 110 Å². The second-order valence-electron chi connectivity index (χ2n) is 4.05. The van der Waals surface area contributed by atoms with Crippen LogP contribution in [0.1, 0.15) is 13.3 Å². The molecule has 0 bridgehead atoms. The number of nitro groups is 1. The zero-order valence-corrected chi connectivity index (χ0v) is 11.5. The van der Waals surface area contributed by atoms with Gasteiger partial charge in [0.25, 0.3) is 5.69 Å². The molecule has 0 spiro atoms. The Bertz CT molecular complexity index is 429. The van der Waals surface area contributed by atoms with Crippen LogP contribution < -0.4 is 4.90 Å². The van der Waals surface area contributed by atoms with Crippen molar-refractivity contribution in [1.29, 1.82) is 0 Å². The van der Waals surface area contributed by atoms with E-state index in [1.54, 1.807) is 11.8 Å². The van der Waals surface area contributed by atoms with Gasteiger partial charge >= 0.3 is 0 Å². The SMILES string of the molecule is CCC(CSC)N(C)c1cc(F)cc([N+](=O)[O-])c1. The number of nitro benzene ring substituents is 1. The number of anilines is 1. The summed E-state index contributed by atoms with van der Waals surface area (Å²) in [4.78, 5) is 12.0. The van der Waals surface area contributed by atoms with E-state index in [1.807, 2.05) is 25.1 Å². The largest absolute Gasteiger partial charge is 0.371 e. The van der Waals surface area contributed by atoms with Crippen LogP contribution in [0.3, 0.4) is 0 Å². The molecule has 0 heterocycles. The van der Waals surface area contributed by atoms with E-state index < -0.39 is 10.7 Å². The zero-order valence-electron chi connectivity index (χ0n) is 10.7. The molecule has 1 atom stereocenters. The molecule has 0 aliphatic rings. The van der Waals surface area contributed by atoms with E-state index in [0.717, 1.165) is 18.2 Å². The molecule has 18 heavy (non-hydrogen) atoms. The van der Waals surface area contributed by atoms with E-state index in [2.05, 4.69) is 0 Å². The van der Waals surface area contributed by atoms with Gasteiger partial charge in [-0.25, -0.2) is 4.39 Å². The molecule has 6 heteroatoms. The van der Waals surface area contributed by atoms with Gasteiger partial charge in [-0.05, 0) is 18.7 Å². The normalized spacial score (nSPS) is 12.2. The van der Waals surface area contributed by atoms with Crippen molar-refractivity contribution in [2.24, 2.45) is 0 Å². The first-order chi connectivity index (χ1) is 8.49. The summed E-state index contributed by atoms with van der Waals surface area (Å²) in [5.41, 5.74) is 0.332. The molecule has 0 saturated carbocycles. The number of thioether (sulfide) groups is 1. The smallest absolute Gasteiger partial charge is 0.274 e. The van der Waals surface area contributed by atoms with Crippen LogP contribution in [0.15, 0.2) is 18.2 Å². The maximum atomic E-state index is 13.4. The molecule has 1 aromatic carbocycles. The van der Waals surface area contributed by atoms with Crippen molar-refractivity contribution in [1.82, 2.24) is 0 Å². The van der Waals surface area contributed by atoms with Crippen LogP contribution in [0.25, 0.3) is 0 Å². The fourth-order valence-corrected chi connectivity index (χ4v) is 2.62. The molecule has 0 aromatic heterocycles. The predicted octanol–water partition coefficient (Wildman–Crippen LogP) is 3.31. The predicted molar refractivity (Wildman–Crippen MR) is 73.9 cm³/mol. The molecule has 1 aromatic rings. The number of rotatable bonds is 6. The molecule has 0 aliphatic heterocycles. The first-order valence-electron chi connectivity index (χ1n) is 5.66. The minimum Gasteiger partial charge on any atom is -0.371 e. The summed E-state index contributed by atoms with van der Waals surface area (Å²) in [5, 5.41) is 10.7. The molecule has 0 N–H and O–H groups in total. The van der Waals surface area contributed by atoms with E-state index in [4.69, 9.17) is 0 Å². The van der Waals surface area contributed by atoms with Crippen LogP contribution in [0.5, 0.6) is 0 Å². The third kappa shape index (κ3) is 3.60. The molecular weight excluding hydrogens is 255 g/mol. The number of nitrogens with zero attached hydrogens (tertiary/aromatic N) is 2. The highest BCUT2D eigenvalue weighted by Gasteiger charge is 2.17. The van der Waals surface area contributed by atoms with Crippen LogP contribution in [-0.4, -0.2) is 30.0 Å². The Kier molecular flexibility index (Phi) is 5.40. The van der Waals surface area contributed by atoms with Crippen LogP contribution in [0, 0.1) is 15.9 Å². The monoisotopic (exact) mass is 272 g/mol. The summed E-state index contributed by atoms with van der Waals surface area (Å²) >= 11 is 1.70. The lowest BCUT2D eigenvalue weighted by atomic mass is 10.2. The second-order valence-corrected chi connectivity index (χ2v) is 4.96. The van der Waals surface area contributed by atoms with Gasteiger partial charge in [-0.15, -0.1) is 0 Å². The highest BCUT2D eigenvalue weighted by Crippen LogP contribution is 2.25. The number of benzene rings is 1. The Morgan fingerprint density at radius 2 is 2.17 bits per heavy atom. The number of non-ortho nitro benzene ring substituents is 1. The van der Waals surface area contributed by atoms with Gasteiger partial charge < -0.3 is 4.90 Å². The first kappa shape index (κ1) is 14.8. The average molecular weight is 272 g/mol. The van der Waals surface area contributed by atoms with Crippen molar-refractivity contribution in [2.75, 3.05) is 24.0 Å². The van der Waals surface area contributed by atoms with Crippen LogP contribution in [-0.2, 0) is 0 Å². The van der Waals surface area contributed by atoms with Crippen molar-refractivity contribution < 1.29 is 9.31 Å². The standard InChI is InChI=1S/C12H17FN2O2S/c1-4-10(8-18-3)14(2)11-5-9(13)6-12(7-11)15(16)17/h5-7,10H,4,8H2,1-3H3. The van der Waals surface area contributed by atoms with Crippen molar-refractivity contribution in [3.05, 3.63) is 34.1 Å². The van der Waals surface area contributed by atoms with Crippen LogP contribution in [0.2, 0.25) is 0 Å². The van der Waals surface area contributed by atoms with Crippen molar-refractivity contribution in [3.8, 4) is 0 Å². The number of halogens is 1. The van der Waals surface area contributed by atoms with E-state index in [9.17, 15) is 14.5 Å². The van der Waals surface area contributed by atoms with E-state index >= 15 is 0 Å². The molecule has 100 valence electrons. The molecule has 0 amide bonds. The van der Waals surface area contributed by atoms with Gasteiger partial charge in [0.05, 0.1) is 11.0 Å². The second kappa shape index (κ2) is 6.58. The molecule has 1 unspecified atom stereocenters. The lowest BCUT2D eigenvalue weighted by molar-refractivity contribution is -0.385. The average Bonchev–Trinajstić information content (AvgIpc) is 2.34. The van der Waals surface area contributed by atoms with Gasteiger partial charge in [0.2, 0.25) is 0 Å². The quantitative estimate of drug-likeness (QED) is 0.589. The van der Waals surface area contributed by atoms with Gasteiger partial charge in [0.15, 0.2) is 0 Å². The summed E-state index contributed by atoms with van der Waals surface area (Å²) in [6.45, 7) is 2.05. The summed E-state index contributed by atoms with van der Waals surface area (Å²) < 4.78 is 13.4. The molecule has 0 saturated heterocycles. The molecule has 1 rings (SSSR count). The van der Waals surface area contributed by atoms with Gasteiger partial charge in [-0.1, -0.05) is 6.92 Å². The van der Waals surface area contributed by atoms with Gasteiger partial charge in [-0.3, -0.25) is 10.1 Å². The fraction of sp³-hybridized carbons (Fsp3) is 0.500. The Balaban J connectivity index is 3.04. The van der Waals surface area contributed by atoms with E-state index in [0.29, 0.717) is 5.69 Å². The van der Waals surface area contributed by atoms with Crippen molar-refractivity contribution in [2.45, 2.75) is 19.4 Å². The maximum absolute atomic E-state index is 13.4. The maximum Gasteiger partial charge on any atom is 0.274 e. The first-order valence-corrected chi connectivity index (χ1v) is 7.05.